The van der Waals surface area contributed by atoms with Crippen molar-refractivity contribution in [2.24, 2.45) is 17.3 Å². The molecule has 2 N–H and O–H groups in total. The first-order valence-corrected chi connectivity index (χ1v) is 6.12. The Kier molecular flexibility index (Phi) is 3.01. The Bertz CT molecular complexity index is 240. The van der Waals surface area contributed by atoms with Crippen LogP contribution in [0.5, 0.6) is 0 Å². The third-order valence-electron chi connectivity index (χ3n) is 4.16. The van der Waals surface area contributed by atoms with Crippen molar-refractivity contribution in [1.82, 2.24) is 10.6 Å². The van der Waals surface area contributed by atoms with Gasteiger partial charge in [-0.3, -0.25) is 4.79 Å². The fraction of sp³-hybridized carbons (Fsp3) is 0.917. The Balaban J connectivity index is 1.75. The fourth-order valence-corrected chi connectivity index (χ4v) is 2.40. The second-order valence-electron chi connectivity index (χ2n) is 5.42. The summed E-state index contributed by atoms with van der Waals surface area (Å²) >= 11 is 0. The van der Waals surface area contributed by atoms with Gasteiger partial charge in [0.15, 0.2) is 0 Å². The predicted octanol–water partition coefficient (Wildman–Crippen LogP) is 1.15. The summed E-state index contributed by atoms with van der Waals surface area (Å²) in [6.45, 7) is 7.26. The first-order valence-electron chi connectivity index (χ1n) is 6.12. The summed E-state index contributed by atoms with van der Waals surface area (Å²) in [6, 6.07) is 0. The lowest BCUT2D eigenvalue weighted by atomic mass is 9.92. The molecular formula is C12H22N2O. The van der Waals surface area contributed by atoms with Crippen LogP contribution in [0, 0.1) is 17.3 Å². The molecule has 1 saturated carbocycles. The van der Waals surface area contributed by atoms with E-state index in [4.69, 9.17) is 0 Å². The van der Waals surface area contributed by atoms with E-state index in [1.165, 1.54) is 12.8 Å². The van der Waals surface area contributed by atoms with Gasteiger partial charge in [0.2, 0.25) is 5.91 Å². The van der Waals surface area contributed by atoms with Crippen molar-refractivity contribution in [1.29, 1.82) is 0 Å². The normalized spacial score (nSPS) is 28.1. The molecule has 0 unspecified atom stereocenters. The van der Waals surface area contributed by atoms with Crippen molar-refractivity contribution in [3.8, 4) is 0 Å². The van der Waals surface area contributed by atoms with Gasteiger partial charge in [0, 0.05) is 13.1 Å². The maximum absolute atomic E-state index is 11.8. The Morgan fingerprint density at radius 3 is 2.73 bits per heavy atom. The Morgan fingerprint density at radius 2 is 2.27 bits per heavy atom. The lowest BCUT2D eigenvalue weighted by molar-refractivity contribution is -0.124. The van der Waals surface area contributed by atoms with E-state index in [0.29, 0.717) is 11.3 Å². The van der Waals surface area contributed by atoms with Crippen LogP contribution in [-0.4, -0.2) is 25.5 Å². The van der Waals surface area contributed by atoms with Crippen molar-refractivity contribution in [2.45, 2.75) is 33.1 Å². The van der Waals surface area contributed by atoms with Crippen LogP contribution < -0.4 is 10.6 Å². The van der Waals surface area contributed by atoms with Crippen LogP contribution in [0.1, 0.15) is 33.1 Å². The zero-order valence-corrected chi connectivity index (χ0v) is 9.81. The highest BCUT2D eigenvalue weighted by molar-refractivity contribution is 5.79. The van der Waals surface area contributed by atoms with E-state index in [1.54, 1.807) is 0 Å². The molecule has 0 aromatic carbocycles. The molecule has 1 aliphatic heterocycles. The van der Waals surface area contributed by atoms with E-state index >= 15 is 0 Å². The molecule has 3 nitrogen and oxygen atoms in total. The summed E-state index contributed by atoms with van der Waals surface area (Å²) in [5, 5.41) is 6.36. The molecule has 0 aromatic rings. The molecule has 1 saturated heterocycles. The van der Waals surface area contributed by atoms with Crippen LogP contribution in [0.25, 0.3) is 0 Å². The maximum Gasteiger partial charge on any atom is 0.224 e. The number of carbonyl (C=O) groups is 1. The lowest BCUT2D eigenvalue weighted by Crippen LogP contribution is -2.37. The largest absolute Gasteiger partial charge is 0.355 e. The number of rotatable bonds is 4. The molecule has 2 fully saturated rings. The third kappa shape index (κ3) is 2.33. The molecule has 1 amide bonds. The Hall–Kier alpha value is -0.570. The molecule has 2 rings (SSSR count). The topological polar surface area (TPSA) is 41.1 Å². The second-order valence-corrected chi connectivity index (χ2v) is 5.42. The summed E-state index contributed by atoms with van der Waals surface area (Å²) < 4.78 is 0. The highest BCUT2D eigenvalue weighted by Crippen LogP contribution is 2.51. The second kappa shape index (κ2) is 4.12. The van der Waals surface area contributed by atoms with Crippen LogP contribution >= 0.6 is 0 Å². The smallest absolute Gasteiger partial charge is 0.224 e. The molecule has 15 heavy (non-hydrogen) atoms. The van der Waals surface area contributed by atoms with Crippen molar-refractivity contribution in [3.63, 3.8) is 0 Å². The molecule has 0 spiro atoms. The van der Waals surface area contributed by atoms with Gasteiger partial charge in [-0.05, 0) is 37.1 Å². The standard InChI is InChI=1S/C12H22N2O/c1-9(2)12(4-5-12)8-14-11(15)10-3-6-13-7-10/h9-10,13H,3-8H2,1-2H3,(H,14,15)/t10-/m0/s1. The van der Waals surface area contributed by atoms with Crippen LogP contribution in [0.4, 0.5) is 0 Å². The third-order valence-corrected chi connectivity index (χ3v) is 4.16. The minimum Gasteiger partial charge on any atom is -0.355 e. The zero-order valence-electron chi connectivity index (χ0n) is 9.81. The minimum absolute atomic E-state index is 0.216. The van der Waals surface area contributed by atoms with E-state index in [-0.39, 0.29) is 11.8 Å². The molecule has 2 aliphatic rings. The number of hydrogen-bond acceptors (Lipinski definition) is 2. The van der Waals surface area contributed by atoms with Crippen molar-refractivity contribution < 1.29 is 4.79 Å². The molecule has 0 bridgehead atoms. The monoisotopic (exact) mass is 210 g/mol. The molecule has 1 aliphatic carbocycles. The van der Waals surface area contributed by atoms with Gasteiger partial charge in [0.05, 0.1) is 5.92 Å². The SMILES string of the molecule is CC(C)C1(CNC(=O)[C@H]2CCNC2)CC1. The van der Waals surface area contributed by atoms with Gasteiger partial charge >= 0.3 is 0 Å². The molecule has 3 heteroatoms. The number of amides is 1. The van der Waals surface area contributed by atoms with Crippen LogP contribution in [0.15, 0.2) is 0 Å². The van der Waals surface area contributed by atoms with Crippen molar-refractivity contribution in [2.75, 3.05) is 19.6 Å². The van der Waals surface area contributed by atoms with E-state index < -0.39 is 0 Å². The molecule has 0 radical (unpaired) electrons. The number of nitrogens with one attached hydrogen (secondary N) is 2. The van der Waals surface area contributed by atoms with Crippen molar-refractivity contribution >= 4 is 5.91 Å². The number of carbonyl (C=O) groups excluding carboxylic acids is 1. The predicted molar refractivity (Wildman–Crippen MR) is 60.5 cm³/mol. The van der Waals surface area contributed by atoms with Gasteiger partial charge in [-0.2, -0.15) is 0 Å². The minimum atomic E-state index is 0.216. The summed E-state index contributed by atoms with van der Waals surface area (Å²) in [6.07, 6.45) is 3.57. The first-order chi connectivity index (χ1) is 7.14. The quantitative estimate of drug-likeness (QED) is 0.731. The molecule has 86 valence electrons. The van der Waals surface area contributed by atoms with Crippen LogP contribution in [0.2, 0.25) is 0 Å². The summed E-state index contributed by atoms with van der Waals surface area (Å²) in [5.41, 5.74) is 0.432. The fourth-order valence-electron chi connectivity index (χ4n) is 2.40. The van der Waals surface area contributed by atoms with Crippen LogP contribution in [0.3, 0.4) is 0 Å². The van der Waals surface area contributed by atoms with Gasteiger partial charge in [0.25, 0.3) is 0 Å². The Morgan fingerprint density at radius 1 is 1.53 bits per heavy atom. The van der Waals surface area contributed by atoms with E-state index in [0.717, 1.165) is 26.1 Å². The van der Waals surface area contributed by atoms with Crippen LogP contribution in [-0.2, 0) is 4.79 Å². The van der Waals surface area contributed by atoms with Crippen molar-refractivity contribution in [3.05, 3.63) is 0 Å². The first kappa shape index (κ1) is 10.9. The van der Waals surface area contributed by atoms with Gasteiger partial charge in [-0.15, -0.1) is 0 Å². The average molecular weight is 210 g/mol. The molecule has 1 heterocycles. The summed E-state index contributed by atoms with van der Waals surface area (Å²) in [5.74, 6) is 1.17. The van der Waals surface area contributed by atoms with Gasteiger partial charge in [0.1, 0.15) is 0 Å². The summed E-state index contributed by atoms with van der Waals surface area (Å²) in [7, 11) is 0. The lowest BCUT2D eigenvalue weighted by Gasteiger charge is -2.21. The highest BCUT2D eigenvalue weighted by atomic mass is 16.1. The maximum atomic E-state index is 11.8. The molecule has 1 atom stereocenters. The average Bonchev–Trinajstić information content (AvgIpc) is 2.80. The summed E-state index contributed by atoms with van der Waals surface area (Å²) in [4.78, 5) is 11.8. The Labute approximate surface area is 92.0 Å². The van der Waals surface area contributed by atoms with Gasteiger partial charge in [-0.1, -0.05) is 13.8 Å². The van der Waals surface area contributed by atoms with E-state index in [1.807, 2.05) is 0 Å². The van der Waals surface area contributed by atoms with Gasteiger partial charge in [-0.25, -0.2) is 0 Å². The zero-order chi connectivity index (χ0) is 10.9. The van der Waals surface area contributed by atoms with E-state index in [2.05, 4.69) is 24.5 Å². The van der Waals surface area contributed by atoms with Gasteiger partial charge < -0.3 is 10.6 Å². The molecular weight excluding hydrogens is 188 g/mol. The number of hydrogen-bond donors (Lipinski definition) is 2. The molecule has 0 aromatic heterocycles. The van der Waals surface area contributed by atoms with E-state index in [9.17, 15) is 4.79 Å². The highest BCUT2D eigenvalue weighted by Gasteiger charge is 2.45.